The standard InChI is InChI=1S/C14H22N4O/c1-10-7-11(14(15)16-8-10)13(19)12-9-17(2)5-4-6-18(12)3/h7-8,12H,4-6,9H2,1-3H3,(H2,15,16). The zero-order chi connectivity index (χ0) is 14.0. The van der Waals surface area contributed by atoms with Crippen molar-refractivity contribution in [3.63, 3.8) is 0 Å². The number of pyridine rings is 1. The van der Waals surface area contributed by atoms with Crippen LogP contribution in [0.4, 0.5) is 5.82 Å². The molecule has 104 valence electrons. The third-order valence-electron chi connectivity index (χ3n) is 3.69. The summed E-state index contributed by atoms with van der Waals surface area (Å²) in [5, 5.41) is 0. The van der Waals surface area contributed by atoms with Crippen LogP contribution in [0.15, 0.2) is 12.3 Å². The summed E-state index contributed by atoms with van der Waals surface area (Å²) >= 11 is 0. The first-order valence-corrected chi connectivity index (χ1v) is 6.64. The van der Waals surface area contributed by atoms with Crippen LogP contribution < -0.4 is 5.73 Å². The molecule has 1 aliphatic heterocycles. The van der Waals surface area contributed by atoms with Crippen molar-refractivity contribution < 1.29 is 4.79 Å². The number of nitrogens with zero attached hydrogens (tertiary/aromatic N) is 3. The quantitative estimate of drug-likeness (QED) is 0.798. The van der Waals surface area contributed by atoms with E-state index in [4.69, 9.17) is 5.73 Å². The maximum absolute atomic E-state index is 12.7. The molecule has 0 saturated carbocycles. The highest BCUT2D eigenvalue weighted by molar-refractivity contribution is 6.03. The van der Waals surface area contributed by atoms with Crippen LogP contribution in [-0.2, 0) is 0 Å². The number of anilines is 1. The summed E-state index contributed by atoms with van der Waals surface area (Å²) in [4.78, 5) is 21.1. The molecule has 5 nitrogen and oxygen atoms in total. The highest BCUT2D eigenvalue weighted by Crippen LogP contribution is 2.17. The molecule has 1 atom stereocenters. The number of likely N-dealkylation sites (N-methyl/N-ethyl adjacent to an activating group) is 2. The number of ketones is 1. The van der Waals surface area contributed by atoms with Crippen molar-refractivity contribution in [2.24, 2.45) is 0 Å². The third-order valence-corrected chi connectivity index (χ3v) is 3.69. The smallest absolute Gasteiger partial charge is 0.184 e. The Hall–Kier alpha value is -1.46. The molecular formula is C14H22N4O. The molecule has 19 heavy (non-hydrogen) atoms. The summed E-state index contributed by atoms with van der Waals surface area (Å²) in [6.45, 7) is 4.62. The van der Waals surface area contributed by atoms with Gasteiger partial charge in [-0.2, -0.15) is 0 Å². The van der Waals surface area contributed by atoms with Gasteiger partial charge in [-0.15, -0.1) is 0 Å². The van der Waals surface area contributed by atoms with Gasteiger partial charge < -0.3 is 10.6 Å². The number of carbonyl (C=O) groups excluding carboxylic acids is 1. The second-order valence-corrected chi connectivity index (χ2v) is 5.42. The highest BCUT2D eigenvalue weighted by Gasteiger charge is 2.29. The molecule has 0 aromatic carbocycles. The molecule has 1 aromatic heterocycles. The molecule has 0 spiro atoms. The van der Waals surface area contributed by atoms with Gasteiger partial charge in [-0.3, -0.25) is 9.69 Å². The molecule has 1 saturated heterocycles. The summed E-state index contributed by atoms with van der Waals surface area (Å²) < 4.78 is 0. The van der Waals surface area contributed by atoms with Crippen LogP contribution in [0.5, 0.6) is 0 Å². The topological polar surface area (TPSA) is 62.5 Å². The molecule has 1 aliphatic rings. The van der Waals surface area contributed by atoms with Gasteiger partial charge in [0.15, 0.2) is 5.78 Å². The van der Waals surface area contributed by atoms with Crippen molar-refractivity contribution in [1.29, 1.82) is 0 Å². The van der Waals surface area contributed by atoms with E-state index in [1.54, 1.807) is 6.20 Å². The van der Waals surface area contributed by atoms with E-state index in [1.807, 2.05) is 20.0 Å². The molecule has 0 aliphatic carbocycles. The Morgan fingerprint density at radius 2 is 2.16 bits per heavy atom. The number of nitrogen functional groups attached to an aromatic ring is 1. The summed E-state index contributed by atoms with van der Waals surface area (Å²) in [5.74, 6) is 0.404. The second kappa shape index (κ2) is 5.67. The molecule has 1 fully saturated rings. The lowest BCUT2D eigenvalue weighted by atomic mass is 10.0. The largest absolute Gasteiger partial charge is 0.383 e. The number of carbonyl (C=O) groups is 1. The van der Waals surface area contributed by atoms with E-state index in [0.29, 0.717) is 11.4 Å². The monoisotopic (exact) mass is 262 g/mol. The number of hydrogen-bond acceptors (Lipinski definition) is 5. The van der Waals surface area contributed by atoms with Gasteiger partial charge in [-0.05, 0) is 52.2 Å². The molecular weight excluding hydrogens is 240 g/mol. The minimum absolute atomic E-state index is 0.0740. The van der Waals surface area contributed by atoms with Crippen LogP contribution in [0.25, 0.3) is 0 Å². The third kappa shape index (κ3) is 3.11. The zero-order valence-electron chi connectivity index (χ0n) is 11.9. The molecule has 2 rings (SSSR count). The van der Waals surface area contributed by atoms with Crippen molar-refractivity contribution in [2.45, 2.75) is 19.4 Å². The molecule has 0 radical (unpaired) electrons. The van der Waals surface area contributed by atoms with E-state index < -0.39 is 0 Å². The molecule has 5 heteroatoms. The van der Waals surface area contributed by atoms with Crippen LogP contribution in [-0.4, -0.2) is 60.3 Å². The number of Topliss-reactive ketones (excluding diaryl/α,β-unsaturated/α-hetero) is 1. The first-order valence-electron chi connectivity index (χ1n) is 6.64. The lowest BCUT2D eigenvalue weighted by Crippen LogP contribution is -2.44. The Labute approximate surface area is 114 Å². The van der Waals surface area contributed by atoms with Gasteiger partial charge in [0.1, 0.15) is 5.82 Å². The minimum atomic E-state index is -0.140. The Balaban J connectivity index is 2.28. The lowest BCUT2D eigenvalue weighted by Gasteiger charge is -2.26. The first kappa shape index (κ1) is 14.0. The van der Waals surface area contributed by atoms with Crippen LogP contribution >= 0.6 is 0 Å². The average molecular weight is 262 g/mol. The van der Waals surface area contributed by atoms with Crippen LogP contribution in [0, 0.1) is 6.92 Å². The van der Waals surface area contributed by atoms with E-state index in [0.717, 1.165) is 31.6 Å². The van der Waals surface area contributed by atoms with E-state index >= 15 is 0 Å². The molecule has 2 N–H and O–H groups in total. The number of aromatic nitrogens is 1. The van der Waals surface area contributed by atoms with Crippen molar-refractivity contribution >= 4 is 11.6 Å². The molecule has 0 amide bonds. The fourth-order valence-corrected chi connectivity index (χ4v) is 2.51. The SMILES string of the molecule is Cc1cnc(N)c(C(=O)C2CN(C)CCCN2C)c1. The molecule has 2 heterocycles. The van der Waals surface area contributed by atoms with Crippen LogP contribution in [0.2, 0.25) is 0 Å². The Bertz CT molecular complexity index is 475. The lowest BCUT2D eigenvalue weighted by molar-refractivity contribution is 0.0840. The van der Waals surface area contributed by atoms with Gasteiger partial charge >= 0.3 is 0 Å². The van der Waals surface area contributed by atoms with E-state index in [9.17, 15) is 4.79 Å². The van der Waals surface area contributed by atoms with Crippen LogP contribution in [0.1, 0.15) is 22.3 Å². The molecule has 1 unspecified atom stereocenters. The highest BCUT2D eigenvalue weighted by atomic mass is 16.1. The Kier molecular flexibility index (Phi) is 4.17. The first-order chi connectivity index (χ1) is 8.99. The normalized spacial score (nSPS) is 22.2. The minimum Gasteiger partial charge on any atom is -0.383 e. The molecule has 0 bridgehead atoms. The summed E-state index contributed by atoms with van der Waals surface area (Å²) in [6, 6.07) is 1.70. The van der Waals surface area contributed by atoms with Gasteiger partial charge in [-0.1, -0.05) is 0 Å². The second-order valence-electron chi connectivity index (χ2n) is 5.42. The maximum Gasteiger partial charge on any atom is 0.184 e. The molecule has 1 aromatic rings. The van der Waals surface area contributed by atoms with Crippen molar-refractivity contribution in [3.8, 4) is 0 Å². The number of hydrogen-bond donors (Lipinski definition) is 1. The fraction of sp³-hybridized carbons (Fsp3) is 0.571. The van der Waals surface area contributed by atoms with Crippen LogP contribution in [0.3, 0.4) is 0 Å². The Morgan fingerprint density at radius 3 is 2.89 bits per heavy atom. The van der Waals surface area contributed by atoms with Crippen molar-refractivity contribution in [1.82, 2.24) is 14.8 Å². The van der Waals surface area contributed by atoms with Gasteiger partial charge in [0.25, 0.3) is 0 Å². The predicted octanol–water partition coefficient (Wildman–Crippen LogP) is 0.791. The van der Waals surface area contributed by atoms with Gasteiger partial charge in [0, 0.05) is 12.7 Å². The van der Waals surface area contributed by atoms with Crippen molar-refractivity contribution in [2.75, 3.05) is 39.5 Å². The average Bonchev–Trinajstić information content (AvgIpc) is 2.53. The summed E-state index contributed by atoms with van der Waals surface area (Å²) in [6.07, 6.45) is 2.77. The van der Waals surface area contributed by atoms with Gasteiger partial charge in [0.2, 0.25) is 0 Å². The van der Waals surface area contributed by atoms with E-state index in [-0.39, 0.29) is 11.8 Å². The summed E-state index contributed by atoms with van der Waals surface area (Å²) in [5.41, 5.74) is 7.36. The number of nitrogens with two attached hydrogens (primary N) is 1. The Morgan fingerprint density at radius 1 is 1.42 bits per heavy atom. The summed E-state index contributed by atoms with van der Waals surface area (Å²) in [7, 11) is 4.05. The van der Waals surface area contributed by atoms with E-state index in [2.05, 4.69) is 21.8 Å². The zero-order valence-corrected chi connectivity index (χ0v) is 11.9. The fourth-order valence-electron chi connectivity index (χ4n) is 2.51. The predicted molar refractivity (Wildman–Crippen MR) is 76.2 cm³/mol. The maximum atomic E-state index is 12.7. The van der Waals surface area contributed by atoms with E-state index in [1.165, 1.54) is 0 Å². The van der Waals surface area contributed by atoms with Crippen molar-refractivity contribution in [3.05, 3.63) is 23.4 Å². The van der Waals surface area contributed by atoms with Gasteiger partial charge in [0.05, 0.1) is 11.6 Å². The number of rotatable bonds is 2. The number of aryl methyl sites for hydroxylation is 1. The van der Waals surface area contributed by atoms with Gasteiger partial charge in [-0.25, -0.2) is 4.98 Å².